The molecule has 0 amide bonds. The highest BCUT2D eigenvalue weighted by Gasteiger charge is 2.14. The van der Waals surface area contributed by atoms with E-state index < -0.39 is 0 Å². The number of halogens is 1. The number of para-hydroxylation sites is 1. The molecule has 0 saturated heterocycles. The molecule has 0 aliphatic rings. The van der Waals surface area contributed by atoms with Gasteiger partial charge in [-0.05, 0) is 58.0 Å². The summed E-state index contributed by atoms with van der Waals surface area (Å²) in [7, 11) is 0. The molecule has 0 radical (unpaired) electrons. The Labute approximate surface area is 179 Å². The molecule has 1 heterocycles. The summed E-state index contributed by atoms with van der Waals surface area (Å²) in [4.78, 5) is 0. The Morgan fingerprint density at radius 3 is 2.20 bits per heavy atom. The second kappa shape index (κ2) is 6.76. The van der Waals surface area contributed by atoms with Crippen LogP contribution >= 0.6 is 11.6 Å². The van der Waals surface area contributed by atoms with E-state index in [9.17, 15) is 0 Å². The lowest BCUT2D eigenvalue weighted by Gasteiger charge is -2.11. The maximum atomic E-state index is 6.23. The van der Waals surface area contributed by atoms with Crippen molar-refractivity contribution in [2.75, 3.05) is 0 Å². The average molecular weight is 405 g/mol. The van der Waals surface area contributed by atoms with Gasteiger partial charge in [-0.3, -0.25) is 0 Å². The summed E-state index contributed by atoms with van der Waals surface area (Å²) >= 11 is 6.23. The number of hydrogen-bond donors (Lipinski definition) is 0. The van der Waals surface area contributed by atoms with Crippen LogP contribution in [-0.2, 0) is 0 Å². The Kier molecular flexibility index (Phi) is 3.90. The Morgan fingerprint density at radius 1 is 0.533 bits per heavy atom. The SMILES string of the molecule is Clc1cccc(-c2cccc(-c3cccc4ccc5oc6ccccc6c5c34)c2)c1. The quantitative estimate of drug-likeness (QED) is 0.281. The van der Waals surface area contributed by atoms with Gasteiger partial charge in [-0.2, -0.15) is 0 Å². The molecule has 0 fully saturated rings. The smallest absolute Gasteiger partial charge is 0.136 e. The molecule has 0 N–H and O–H groups in total. The summed E-state index contributed by atoms with van der Waals surface area (Å²) in [5.74, 6) is 0. The van der Waals surface area contributed by atoms with Gasteiger partial charge in [0.25, 0.3) is 0 Å². The monoisotopic (exact) mass is 404 g/mol. The molecule has 0 spiro atoms. The van der Waals surface area contributed by atoms with E-state index >= 15 is 0 Å². The molecule has 0 aliphatic heterocycles. The van der Waals surface area contributed by atoms with Gasteiger partial charge in [0.05, 0.1) is 0 Å². The summed E-state index contributed by atoms with van der Waals surface area (Å²) in [6, 6.07) is 35.6. The number of rotatable bonds is 2. The van der Waals surface area contributed by atoms with Crippen molar-refractivity contribution in [3.05, 3.63) is 108 Å². The third kappa shape index (κ3) is 2.71. The summed E-state index contributed by atoms with van der Waals surface area (Å²) in [6.07, 6.45) is 0. The molecule has 6 rings (SSSR count). The molecule has 0 atom stereocenters. The van der Waals surface area contributed by atoms with Gasteiger partial charge in [0, 0.05) is 21.2 Å². The topological polar surface area (TPSA) is 13.1 Å². The van der Waals surface area contributed by atoms with Gasteiger partial charge in [0.15, 0.2) is 0 Å². The molecule has 5 aromatic carbocycles. The van der Waals surface area contributed by atoms with Crippen LogP contribution in [0.4, 0.5) is 0 Å². The van der Waals surface area contributed by atoms with E-state index in [0.29, 0.717) is 0 Å². The Morgan fingerprint density at radius 2 is 1.30 bits per heavy atom. The van der Waals surface area contributed by atoms with Crippen molar-refractivity contribution in [1.82, 2.24) is 0 Å². The first-order chi connectivity index (χ1) is 14.8. The van der Waals surface area contributed by atoms with Crippen LogP contribution in [0.15, 0.2) is 108 Å². The van der Waals surface area contributed by atoms with Crippen LogP contribution in [0.25, 0.3) is 55.0 Å². The molecule has 142 valence electrons. The summed E-state index contributed by atoms with van der Waals surface area (Å²) in [6.45, 7) is 0. The van der Waals surface area contributed by atoms with Crippen LogP contribution in [-0.4, -0.2) is 0 Å². The van der Waals surface area contributed by atoms with E-state index in [-0.39, 0.29) is 0 Å². The highest BCUT2D eigenvalue weighted by atomic mass is 35.5. The molecular formula is C28H17ClO. The van der Waals surface area contributed by atoms with Gasteiger partial charge >= 0.3 is 0 Å². The van der Waals surface area contributed by atoms with Crippen molar-refractivity contribution in [1.29, 1.82) is 0 Å². The molecule has 1 nitrogen and oxygen atoms in total. The van der Waals surface area contributed by atoms with Crippen LogP contribution in [0.1, 0.15) is 0 Å². The second-order valence-corrected chi connectivity index (χ2v) is 7.97. The highest BCUT2D eigenvalue weighted by Crippen LogP contribution is 2.40. The van der Waals surface area contributed by atoms with E-state index in [0.717, 1.165) is 32.7 Å². The Bertz CT molecular complexity index is 1560. The maximum Gasteiger partial charge on any atom is 0.136 e. The lowest BCUT2D eigenvalue weighted by atomic mass is 9.93. The van der Waals surface area contributed by atoms with Gasteiger partial charge in [0.1, 0.15) is 11.2 Å². The number of furan rings is 1. The van der Waals surface area contributed by atoms with Crippen LogP contribution < -0.4 is 0 Å². The fourth-order valence-electron chi connectivity index (χ4n) is 4.37. The van der Waals surface area contributed by atoms with E-state index in [1.807, 2.05) is 30.3 Å². The predicted molar refractivity (Wildman–Crippen MR) is 127 cm³/mol. The first-order valence-corrected chi connectivity index (χ1v) is 10.3. The van der Waals surface area contributed by atoms with E-state index in [4.69, 9.17) is 16.0 Å². The molecule has 1 aromatic heterocycles. The van der Waals surface area contributed by atoms with Gasteiger partial charge in [-0.1, -0.05) is 84.4 Å². The zero-order chi connectivity index (χ0) is 20.1. The molecule has 0 bridgehead atoms. The average Bonchev–Trinajstić information content (AvgIpc) is 3.18. The highest BCUT2D eigenvalue weighted by molar-refractivity contribution is 6.30. The third-order valence-corrected chi connectivity index (χ3v) is 5.95. The van der Waals surface area contributed by atoms with Crippen molar-refractivity contribution in [3.8, 4) is 22.3 Å². The molecule has 0 saturated carbocycles. The van der Waals surface area contributed by atoms with Crippen LogP contribution in [0.3, 0.4) is 0 Å². The zero-order valence-corrected chi connectivity index (χ0v) is 16.9. The summed E-state index contributed by atoms with van der Waals surface area (Å²) in [5, 5.41) is 5.50. The second-order valence-electron chi connectivity index (χ2n) is 7.53. The van der Waals surface area contributed by atoms with Gasteiger partial charge in [-0.25, -0.2) is 0 Å². The fourth-order valence-corrected chi connectivity index (χ4v) is 4.56. The minimum Gasteiger partial charge on any atom is -0.456 e. The number of fused-ring (bicyclic) bond motifs is 5. The van der Waals surface area contributed by atoms with Crippen molar-refractivity contribution in [2.45, 2.75) is 0 Å². The van der Waals surface area contributed by atoms with Crippen LogP contribution in [0.5, 0.6) is 0 Å². The molecule has 0 aliphatic carbocycles. The van der Waals surface area contributed by atoms with Crippen molar-refractivity contribution in [3.63, 3.8) is 0 Å². The predicted octanol–water partition coefficient (Wildman–Crippen LogP) is 8.73. The van der Waals surface area contributed by atoms with E-state index in [1.54, 1.807) is 0 Å². The standard InChI is InChI=1S/C28H17ClO/c29-22-10-4-8-20(17-22)19-7-3-9-21(16-19)23-12-5-6-18-14-15-26-28(27(18)23)24-11-1-2-13-25(24)30-26/h1-17H. The number of hydrogen-bond acceptors (Lipinski definition) is 1. The van der Waals surface area contributed by atoms with Crippen LogP contribution in [0.2, 0.25) is 5.02 Å². The minimum atomic E-state index is 0.745. The van der Waals surface area contributed by atoms with Crippen molar-refractivity contribution in [2.24, 2.45) is 0 Å². The lowest BCUT2D eigenvalue weighted by Crippen LogP contribution is -1.85. The Hall–Kier alpha value is -3.55. The third-order valence-electron chi connectivity index (χ3n) is 5.72. The molecule has 2 heteroatoms. The largest absolute Gasteiger partial charge is 0.456 e. The van der Waals surface area contributed by atoms with Gasteiger partial charge in [0.2, 0.25) is 0 Å². The van der Waals surface area contributed by atoms with Crippen molar-refractivity contribution < 1.29 is 4.42 Å². The maximum absolute atomic E-state index is 6.23. The molecule has 0 unspecified atom stereocenters. The fraction of sp³-hybridized carbons (Fsp3) is 0. The van der Waals surface area contributed by atoms with Crippen molar-refractivity contribution >= 4 is 44.3 Å². The van der Waals surface area contributed by atoms with E-state index in [2.05, 4.69) is 72.8 Å². The first-order valence-electron chi connectivity index (χ1n) is 9.97. The number of benzene rings is 5. The first kappa shape index (κ1) is 17.3. The van der Waals surface area contributed by atoms with Crippen LogP contribution in [0, 0.1) is 0 Å². The normalized spacial score (nSPS) is 11.5. The summed E-state index contributed by atoms with van der Waals surface area (Å²) < 4.78 is 6.14. The lowest BCUT2D eigenvalue weighted by molar-refractivity contribution is 0.669. The van der Waals surface area contributed by atoms with Gasteiger partial charge < -0.3 is 4.42 Å². The molecule has 6 aromatic rings. The zero-order valence-electron chi connectivity index (χ0n) is 16.1. The van der Waals surface area contributed by atoms with Gasteiger partial charge in [-0.15, -0.1) is 0 Å². The van der Waals surface area contributed by atoms with E-state index in [1.165, 1.54) is 27.3 Å². The minimum absolute atomic E-state index is 0.745. The Balaban J connectivity index is 1.66. The molecular weight excluding hydrogens is 388 g/mol. The molecule has 30 heavy (non-hydrogen) atoms. The summed E-state index contributed by atoms with van der Waals surface area (Å²) in [5.41, 5.74) is 6.48.